The van der Waals surface area contributed by atoms with E-state index in [9.17, 15) is 30.4 Å². The van der Waals surface area contributed by atoms with E-state index in [-0.39, 0.29) is 26.2 Å². The quantitative estimate of drug-likeness (QED) is 0.480. The van der Waals surface area contributed by atoms with Crippen LogP contribution in [-0.2, 0) is 22.6 Å². The van der Waals surface area contributed by atoms with Crippen molar-refractivity contribution in [2.24, 2.45) is 0 Å². The smallest absolute Gasteiger partial charge is 0.345 e. The Morgan fingerprint density at radius 1 is 0.970 bits per heavy atom. The standard InChI is InChI=1S/C21H18F5N3O2S2/c22-17-6-5-14(12-18(17)23)11-15-13-32-20(27-15)28-7-9-29(10-8-28)33(30,31)19-4-2-1-3-16(19)21(24,25)26/h1-6,12-13H,7-11H2. The molecule has 0 radical (unpaired) electrons. The molecule has 0 atom stereocenters. The molecule has 0 spiro atoms. The molecular weight excluding hydrogens is 485 g/mol. The second-order valence-electron chi connectivity index (χ2n) is 7.43. The fraction of sp³-hybridized carbons (Fsp3) is 0.286. The van der Waals surface area contributed by atoms with Crippen molar-refractivity contribution < 1.29 is 30.4 Å². The molecule has 0 amide bonds. The summed E-state index contributed by atoms with van der Waals surface area (Å²) in [6.07, 6.45) is -4.48. The van der Waals surface area contributed by atoms with E-state index in [1.807, 2.05) is 4.90 Å². The van der Waals surface area contributed by atoms with Crippen molar-refractivity contribution in [1.29, 1.82) is 0 Å². The van der Waals surface area contributed by atoms with Gasteiger partial charge in [0.15, 0.2) is 16.8 Å². The van der Waals surface area contributed by atoms with Gasteiger partial charge in [0.1, 0.15) is 0 Å². The molecule has 2 aromatic carbocycles. The zero-order valence-electron chi connectivity index (χ0n) is 17.0. The lowest BCUT2D eigenvalue weighted by atomic mass is 10.1. The number of hydrogen-bond donors (Lipinski definition) is 0. The van der Waals surface area contributed by atoms with Crippen LogP contribution in [0.1, 0.15) is 16.8 Å². The lowest BCUT2D eigenvalue weighted by molar-refractivity contribution is -0.139. The molecule has 0 aliphatic carbocycles. The Balaban J connectivity index is 1.44. The number of piperazine rings is 1. The van der Waals surface area contributed by atoms with Crippen LogP contribution in [0.25, 0.3) is 0 Å². The first-order valence-electron chi connectivity index (χ1n) is 9.85. The Morgan fingerprint density at radius 3 is 2.33 bits per heavy atom. The highest BCUT2D eigenvalue weighted by Crippen LogP contribution is 2.35. The van der Waals surface area contributed by atoms with Crippen molar-refractivity contribution in [2.45, 2.75) is 17.5 Å². The summed E-state index contributed by atoms with van der Waals surface area (Å²) in [7, 11) is -4.32. The van der Waals surface area contributed by atoms with Crippen molar-refractivity contribution in [2.75, 3.05) is 31.1 Å². The Labute approximate surface area is 191 Å². The highest BCUT2D eigenvalue weighted by atomic mass is 32.2. The molecule has 12 heteroatoms. The molecule has 33 heavy (non-hydrogen) atoms. The van der Waals surface area contributed by atoms with E-state index in [0.717, 1.165) is 34.6 Å². The van der Waals surface area contributed by atoms with Gasteiger partial charge in [-0.3, -0.25) is 0 Å². The van der Waals surface area contributed by atoms with Crippen molar-refractivity contribution in [3.63, 3.8) is 0 Å². The predicted octanol–water partition coefficient (Wildman–Crippen LogP) is 4.54. The number of aromatic nitrogens is 1. The lowest BCUT2D eigenvalue weighted by Crippen LogP contribution is -2.49. The average molecular weight is 504 g/mol. The number of thiazole rings is 1. The third kappa shape index (κ3) is 5.02. The summed E-state index contributed by atoms with van der Waals surface area (Å²) in [6.45, 7) is 0.524. The monoisotopic (exact) mass is 503 g/mol. The molecule has 2 heterocycles. The van der Waals surface area contributed by atoms with E-state index in [1.54, 1.807) is 5.38 Å². The zero-order chi connectivity index (χ0) is 23.8. The van der Waals surface area contributed by atoms with Crippen LogP contribution in [0.3, 0.4) is 0 Å². The first-order valence-corrected chi connectivity index (χ1v) is 12.2. The highest BCUT2D eigenvalue weighted by molar-refractivity contribution is 7.89. The second kappa shape index (κ2) is 8.99. The first-order chi connectivity index (χ1) is 15.6. The van der Waals surface area contributed by atoms with E-state index in [4.69, 9.17) is 0 Å². The minimum Gasteiger partial charge on any atom is -0.345 e. The normalized spacial score (nSPS) is 15.7. The van der Waals surface area contributed by atoms with Gasteiger partial charge in [0.2, 0.25) is 10.0 Å². The number of rotatable bonds is 5. The summed E-state index contributed by atoms with van der Waals surface area (Å²) in [4.78, 5) is 5.58. The summed E-state index contributed by atoms with van der Waals surface area (Å²) in [6, 6.07) is 7.77. The average Bonchev–Trinajstić information content (AvgIpc) is 3.24. The van der Waals surface area contributed by atoms with Gasteiger partial charge in [0.05, 0.1) is 16.2 Å². The molecule has 1 aromatic heterocycles. The summed E-state index contributed by atoms with van der Waals surface area (Å²) >= 11 is 1.32. The van der Waals surface area contributed by atoms with Crippen LogP contribution in [0, 0.1) is 11.6 Å². The van der Waals surface area contributed by atoms with Gasteiger partial charge in [-0.05, 0) is 29.8 Å². The fourth-order valence-electron chi connectivity index (χ4n) is 3.57. The van der Waals surface area contributed by atoms with Gasteiger partial charge < -0.3 is 4.90 Å². The molecule has 176 valence electrons. The highest BCUT2D eigenvalue weighted by Gasteiger charge is 2.39. The van der Waals surface area contributed by atoms with Gasteiger partial charge in [-0.15, -0.1) is 11.3 Å². The zero-order valence-corrected chi connectivity index (χ0v) is 18.7. The number of nitrogens with zero attached hydrogens (tertiary/aromatic N) is 3. The van der Waals surface area contributed by atoms with Crippen LogP contribution in [0.2, 0.25) is 0 Å². The molecule has 5 nitrogen and oxygen atoms in total. The van der Waals surface area contributed by atoms with Crippen LogP contribution in [0.15, 0.2) is 52.7 Å². The van der Waals surface area contributed by atoms with E-state index in [2.05, 4.69) is 4.98 Å². The Hall–Kier alpha value is -2.57. The van der Waals surface area contributed by atoms with Gasteiger partial charge in [-0.2, -0.15) is 17.5 Å². The number of hydrogen-bond acceptors (Lipinski definition) is 5. The van der Waals surface area contributed by atoms with Crippen LogP contribution in [-0.4, -0.2) is 43.9 Å². The third-order valence-electron chi connectivity index (χ3n) is 5.23. The van der Waals surface area contributed by atoms with E-state index in [0.29, 0.717) is 22.8 Å². The van der Waals surface area contributed by atoms with E-state index >= 15 is 0 Å². The minimum atomic E-state index is -4.78. The summed E-state index contributed by atoms with van der Waals surface area (Å²) < 4.78 is 93.2. The molecule has 1 aliphatic rings. The third-order valence-corrected chi connectivity index (χ3v) is 8.14. The fourth-order valence-corrected chi connectivity index (χ4v) is 6.08. The minimum absolute atomic E-state index is 0.00656. The van der Waals surface area contributed by atoms with Gasteiger partial charge in [-0.25, -0.2) is 22.2 Å². The number of anilines is 1. The maximum Gasteiger partial charge on any atom is 0.417 e. The van der Waals surface area contributed by atoms with E-state index < -0.39 is 38.3 Å². The van der Waals surface area contributed by atoms with Crippen molar-refractivity contribution in [3.05, 3.63) is 76.3 Å². The molecular formula is C21H18F5N3O2S2. The molecule has 4 rings (SSSR count). The van der Waals surface area contributed by atoms with E-state index in [1.165, 1.54) is 23.5 Å². The molecule has 1 saturated heterocycles. The second-order valence-corrected chi connectivity index (χ2v) is 10.2. The number of sulfonamides is 1. The predicted molar refractivity (Wildman–Crippen MR) is 114 cm³/mol. The topological polar surface area (TPSA) is 53.5 Å². The van der Waals surface area contributed by atoms with Crippen LogP contribution >= 0.6 is 11.3 Å². The Bertz CT molecular complexity index is 1250. The van der Waals surface area contributed by atoms with Crippen LogP contribution in [0.4, 0.5) is 27.1 Å². The van der Waals surface area contributed by atoms with Crippen molar-refractivity contribution in [1.82, 2.24) is 9.29 Å². The molecule has 1 fully saturated rings. The first kappa shape index (κ1) is 23.6. The lowest BCUT2D eigenvalue weighted by Gasteiger charge is -2.34. The summed E-state index contributed by atoms with van der Waals surface area (Å²) in [5, 5.41) is 2.40. The molecule has 3 aromatic rings. The largest absolute Gasteiger partial charge is 0.417 e. The summed E-state index contributed by atoms with van der Waals surface area (Å²) in [5.74, 6) is -1.87. The molecule has 0 N–H and O–H groups in total. The summed E-state index contributed by atoms with van der Waals surface area (Å²) in [5.41, 5.74) is 0.0226. The van der Waals surface area contributed by atoms with Crippen molar-refractivity contribution in [3.8, 4) is 0 Å². The molecule has 0 unspecified atom stereocenters. The number of benzene rings is 2. The Morgan fingerprint density at radius 2 is 1.67 bits per heavy atom. The Kier molecular flexibility index (Phi) is 6.43. The number of halogens is 5. The van der Waals surface area contributed by atoms with Crippen LogP contribution < -0.4 is 4.90 Å². The van der Waals surface area contributed by atoms with Gasteiger partial charge in [-0.1, -0.05) is 18.2 Å². The van der Waals surface area contributed by atoms with Gasteiger partial charge in [0.25, 0.3) is 0 Å². The molecule has 0 bridgehead atoms. The van der Waals surface area contributed by atoms with Gasteiger partial charge >= 0.3 is 6.18 Å². The van der Waals surface area contributed by atoms with Gasteiger partial charge in [0, 0.05) is 38.0 Å². The maximum atomic E-state index is 13.4. The van der Waals surface area contributed by atoms with Crippen LogP contribution in [0.5, 0.6) is 0 Å². The molecule has 1 aliphatic heterocycles. The maximum absolute atomic E-state index is 13.4. The number of alkyl halides is 3. The molecule has 0 saturated carbocycles. The SMILES string of the molecule is O=S(=O)(c1ccccc1C(F)(F)F)N1CCN(c2nc(Cc3ccc(F)c(F)c3)cs2)CC1. The van der Waals surface area contributed by atoms with Crippen molar-refractivity contribution >= 4 is 26.5 Å².